The maximum Gasteiger partial charge on any atom is 0.319 e. The molecule has 2 rings (SSSR count). The number of amides is 2. The van der Waals surface area contributed by atoms with Gasteiger partial charge in [0.1, 0.15) is 0 Å². The number of carbonyl (C=O) groups excluding carboxylic acids is 1. The number of nitrogens with zero attached hydrogens (tertiary/aromatic N) is 3. The molecule has 0 aromatic rings. The Morgan fingerprint density at radius 1 is 1.21 bits per heavy atom. The Bertz CT molecular complexity index is 313. The van der Waals surface area contributed by atoms with Gasteiger partial charge in [-0.25, -0.2) is 4.79 Å². The molecule has 1 N–H and O–H groups in total. The van der Waals surface area contributed by atoms with Crippen LogP contribution in [0.3, 0.4) is 0 Å². The smallest absolute Gasteiger partial charge is 0.319 e. The molecule has 0 bridgehead atoms. The van der Waals surface area contributed by atoms with E-state index in [4.69, 9.17) is 0 Å². The van der Waals surface area contributed by atoms with Gasteiger partial charge in [0.05, 0.1) is 0 Å². The van der Waals surface area contributed by atoms with Crippen LogP contribution < -0.4 is 5.32 Å². The highest BCUT2D eigenvalue weighted by atomic mass is 16.2. The lowest BCUT2D eigenvalue weighted by Crippen LogP contribution is -2.59. The number of piperidine rings is 1. The van der Waals surface area contributed by atoms with Gasteiger partial charge in [-0.2, -0.15) is 0 Å². The summed E-state index contributed by atoms with van der Waals surface area (Å²) in [6.45, 7) is 8.56. The van der Waals surface area contributed by atoms with Crippen LogP contribution in [0, 0.1) is 0 Å². The van der Waals surface area contributed by atoms with E-state index < -0.39 is 0 Å². The first kappa shape index (κ1) is 14.6. The van der Waals surface area contributed by atoms with Crippen LogP contribution in [0.2, 0.25) is 0 Å². The van der Waals surface area contributed by atoms with Crippen LogP contribution in [0.1, 0.15) is 26.7 Å². The van der Waals surface area contributed by atoms with Crippen LogP contribution in [0.15, 0.2) is 0 Å². The molecule has 2 amide bonds. The molecular formula is C14H28N4O. The molecule has 2 unspecified atom stereocenters. The van der Waals surface area contributed by atoms with Gasteiger partial charge in [-0.3, -0.25) is 4.90 Å². The summed E-state index contributed by atoms with van der Waals surface area (Å²) >= 11 is 0. The van der Waals surface area contributed by atoms with Crippen molar-refractivity contribution in [1.29, 1.82) is 0 Å². The topological polar surface area (TPSA) is 38.8 Å². The minimum atomic E-state index is 0.153. The highest BCUT2D eigenvalue weighted by molar-refractivity contribution is 5.73. The molecule has 2 aliphatic rings. The van der Waals surface area contributed by atoms with Gasteiger partial charge in [0.15, 0.2) is 0 Å². The lowest BCUT2D eigenvalue weighted by Gasteiger charge is -2.45. The lowest BCUT2D eigenvalue weighted by molar-refractivity contribution is 0.0556. The van der Waals surface area contributed by atoms with Gasteiger partial charge in [0.2, 0.25) is 0 Å². The van der Waals surface area contributed by atoms with E-state index in [2.05, 4.69) is 24.1 Å². The molecule has 19 heavy (non-hydrogen) atoms. The number of urea groups is 1. The molecule has 0 saturated carbocycles. The second kappa shape index (κ2) is 6.09. The molecule has 0 radical (unpaired) electrons. The SMILES string of the molecule is CC1CN(C2CCN(C(=O)N(C)C)CC2)C(C)CN1. The van der Waals surface area contributed by atoms with Crippen molar-refractivity contribution in [2.75, 3.05) is 40.3 Å². The average Bonchev–Trinajstić information content (AvgIpc) is 2.41. The number of rotatable bonds is 1. The molecule has 2 saturated heterocycles. The minimum absolute atomic E-state index is 0.153. The van der Waals surface area contributed by atoms with Crippen molar-refractivity contribution in [2.45, 2.75) is 44.8 Å². The van der Waals surface area contributed by atoms with E-state index in [1.165, 1.54) is 0 Å². The molecule has 2 atom stereocenters. The van der Waals surface area contributed by atoms with Crippen molar-refractivity contribution in [3.8, 4) is 0 Å². The number of hydrogen-bond donors (Lipinski definition) is 1. The van der Waals surface area contributed by atoms with Crippen LogP contribution in [-0.2, 0) is 0 Å². The summed E-state index contributed by atoms with van der Waals surface area (Å²) in [6, 6.07) is 1.99. The quantitative estimate of drug-likeness (QED) is 0.765. The Morgan fingerprint density at radius 3 is 2.42 bits per heavy atom. The highest BCUT2D eigenvalue weighted by Crippen LogP contribution is 2.21. The predicted molar refractivity (Wildman–Crippen MR) is 77.3 cm³/mol. The zero-order chi connectivity index (χ0) is 14.0. The van der Waals surface area contributed by atoms with Crippen LogP contribution in [0.4, 0.5) is 4.79 Å². The van der Waals surface area contributed by atoms with Gasteiger partial charge < -0.3 is 15.1 Å². The fourth-order valence-electron chi connectivity index (χ4n) is 3.23. The van der Waals surface area contributed by atoms with Crippen LogP contribution in [0.5, 0.6) is 0 Å². The van der Waals surface area contributed by atoms with E-state index >= 15 is 0 Å². The van der Waals surface area contributed by atoms with Crippen molar-refractivity contribution in [1.82, 2.24) is 20.0 Å². The highest BCUT2D eigenvalue weighted by Gasteiger charge is 2.32. The summed E-state index contributed by atoms with van der Waals surface area (Å²) in [7, 11) is 3.66. The summed E-state index contributed by atoms with van der Waals surface area (Å²) in [5.41, 5.74) is 0. The van der Waals surface area contributed by atoms with E-state index in [-0.39, 0.29) is 6.03 Å². The second-order valence-corrected chi connectivity index (χ2v) is 6.25. The Hall–Kier alpha value is -0.810. The van der Waals surface area contributed by atoms with Gasteiger partial charge >= 0.3 is 6.03 Å². The van der Waals surface area contributed by atoms with Crippen molar-refractivity contribution < 1.29 is 4.79 Å². The van der Waals surface area contributed by atoms with Gasteiger partial charge in [-0.1, -0.05) is 0 Å². The molecule has 2 aliphatic heterocycles. The second-order valence-electron chi connectivity index (χ2n) is 6.25. The summed E-state index contributed by atoms with van der Waals surface area (Å²) < 4.78 is 0. The monoisotopic (exact) mass is 268 g/mol. The van der Waals surface area contributed by atoms with Crippen molar-refractivity contribution in [3.63, 3.8) is 0 Å². The minimum Gasteiger partial charge on any atom is -0.331 e. The summed E-state index contributed by atoms with van der Waals surface area (Å²) in [5, 5.41) is 3.53. The fraction of sp³-hybridized carbons (Fsp3) is 0.929. The van der Waals surface area contributed by atoms with E-state index in [0.29, 0.717) is 18.1 Å². The molecule has 2 fully saturated rings. The van der Waals surface area contributed by atoms with E-state index in [1.54, 1.807) is 4.90 Å². The Morgan fingerprint density at radius 2 is 1.84 bits per heavy atom. The van der Waals surface area contributed by atoms with Gasteiger partial charge in [0.25, 0.3) is 0 Å². The molecular weight excluding hydrogens is 240 g/mol. The van der Waals surface area contributed by atoms with Crippen molar-refractivity contribution >= 4 is 6.03 Å². The third-order valence-corrected chi connectivity index (χ3v) is 4.40. The van der Waals surface area contributed by atoms with Gasteiger partial charge in [0, 0.05) is 58.4 Å². The zero-order valence-corrected chi connectivity index (χ0v) is 12.7. The van der Waals surface area contributed by atoms with Gasteiger partial charge in [-0.05, 0) is 26.7 Å². The molecule has 5 nitrogen and oxygen atoms in total. The number of piperazine rings is 1. The summed E-state index contributed by atoms with van der Waals surface area (Å²) in [5.74, 6) is 0. The average molecular weight is 268 g/mol. The first-order valence-electron chi connectivity index (χ1n) is 7.44. The fourth-order valence-corrected chi connectivity index (χ4v) is 3.23. The molecule has 2 heterocycles. The molecule has 0 spiro atoms. The molecule has 0 aliphatic carbocycles. The predicted octanol–water partition coefficient (Wildman–Crippen LogP) is 0.815. The Kier molecular flexibility index (Phi) is 4.68. The maximum absolute atomic E-state index is 11.9. The Labute approximate surface area is 116 Å². The normalized spacial score (nSPS) is 30.4. The molecule has 110 valence electrons. The van der Waals surface area contributed by atoms with Crippen LogP contribution >= 0.6 is 0 Å². The zero-order valence-electron chi connectivity index (χ0n) is 12.7. The van der Waals surface area contributed by atoms with Crippen molar-refractivity contribution in [3.05, 3.63) is 0 Å². The summed E-state index contributed by atoms with van der Waals surface area (Å²) in [6.07, 6.45) is 2.22. The first-order valence-corrected chi connectivity index (χ1v) is 7.44. The number of nitrogens with one attached hydrogen (secondary N) is 1. The number of likely N-dealkylation sites (tertiary alicyclic amines) is 1. The van der Waals surface area contributed by atoms with Gasteiger partial charge in [-0.15, -0.1) is 0 Å². The standard InChI is InChI=1S/C14H28N4O/c1-11-10-18(12(2)9-15-11)13-5-7-17(8-6-13)14(19)16(3)4/h11-13,15H,5-10H2,1-4H3. The largest absolute Gasteiger partial charge is 0.331 e. The van der Waals surface area contributed by atoms with E-state index in [9.17, 15) is 4.79 Å². The third kappa shape index (κ3) is 3.39. The van der Waals surface area contributed by atoms with E-state index in [1.807, 2.05) is 19.0 Å². The third-order valence-electron chi connectivity index (χ3n) is 4.40. The van der Waals surface area contributed by atoms with Crippen LogP contribution in [0.25, 0.3) is 0 Å². The van der Waals surface area contributed by atoms with E-state index in [0.717, 1.165) is 39.0 Å². The molecule has 5 heteroatoms. The lowest BCUT2D eigenvalue weighted by atomic mass is 9.99. The molecule has 0 aromatic carbocycles. The number of carbonyl (C=O) groups is 1. The first-order chi connectivity index (χ1) is 8.99. The number of hydrogen-bond acceptors (Lipinski definition) is 3. The van der Waals surface area contributed by atoms with Crippen molar-refractivity contribution in [2.24, 2.45) is 0 Å². The van der Waals surface area contributed by atoms with Crippen LogP contribution in [-0.4, -0.2) is 79.1 Å². The molecule has 0 aromatic heterocycles. The maximum atomic E-state index is 11.9. The summed E-state index contributed by atoms with van der Waals surface area (Å²) in [4.78, 5) is 18.2. The Balaban J connectivity index is 1.87.